The van der Waals surface area contributed by atoms with E-state index in [1.807, 2.05) is 9.80 Å². The van der Waals surface area contributed by atoms with Gasteiger partial charge in [-0.05, 0) is 32.1 Å². The third-order valence-electron chi connectivity index (χ3n) is 7.15. The summed E-state index contributed by atoms with van der Waals surface area (Å²) in [6.45, 7) is 6.37. The molecule has 0 aliphatic carbocycles. The van der Waals surface area contributed by atoms with E-state index in [9.17, 15) is 9.59 Å². The number of carbonyl (C=O) groups excluding carboxylic acids is 2. The second-order valence-electron chi connectivity index (χ2n) is 9.04. The number of rotatable bonds is 4. The number of hydrogen-bond acceptors (Lipinski definition) is 5. The Morgan fingerprint density at radius 3 is 2.79 bits per heavy atom. The molecule has 6 nitrogen and oxygen atoms in total. The van der Waals surface area contributed by atoms with Crippen LogP contribution in [0.5, 0.6) is 0 Å². The monoisotopic (exact) mass is 414 g/mol. The Morgan fingerprint density at radius 2 is 2.03 bits per heavy atom. The van der Waals surface area contributed by atoms with Crippen molar-refractivity contribution < 1.29 is 9.59 Å². The molecule has 1 aromatic rings. The highest BCUT2D eigenvalue weighted by molar-refractivity contribution is 7.09. The Kier molecular flexibility index (Phi) is 5.20. The van der Waals surface area contributed by atoms with E-state index in [1.54, 1.807) is 11.3 Å². The number of fused-ring (bicyclic) bond motifs is 4. The van der Waals surface area contributed by atoms with E-state index in [1.165, 1.54) is 5.69 Å². The Balaban J connectivity index is 1.35. The molecule has 0 aromatic carbocycles. The summed E-state index contributed by atoms with van der Waals surface area (Å²) in [7, 11) is 0. The van der Waals surface area contributed by atoms with Gasteiger partial charge < -0.3 is 14.7 Å². The van der Waals surface area contributed by atoms with Gasteiger partial charge in [-0.2, -0.15) is 0 Å². The lowest BCUT2D eigenvalue weighted by Crippen LogP contribution is -2.68. The van der Waals surface area contributed by atoms with Crippen molar-refractivity contribution in [2.24, 2.45) is 11.8 Å². The highest BCUT2D eigenvalue weighted by Gasteiger charge is 2.52. The van der Waals surface area contributed by atoms with Crippen LogP contribution in [0, 0.1) is 18.8 Å². The van der Waals surface area contributed by atoms with E-state index in [2.05, 4.69) is 34.3 Å². The summed E-state index contributed by atoms with van der Waals surface area (Å²) in [4.78, 5) is 37.5. The van der Waals surface area contributed by atoms with Gasteiger partial charge in [0.25, 0.3) is 0 Å². The summed E-state index contributed by atoms with van der Waals surface area (Å²) in [5.74, 6) is 1.11. The van der Waals surface area contributed by atoms with E-state index in [-0.39, 0.29) is 29.8 Å². The summed E-state index contributed by atoms with van der Waals surface area (Å²) in [6, 6.07) is -0.0328. The summed E-state index contributed by atoms with van der Waals surface area (Å²) in [5.41, 5.74) is 1.17. The zero-order valence-corrected chi connectivity index (χ0v) is 17.9. The zero-order valence-electron chi connectivity index (χ0n) is 17.1. The van der Waals surface area contributed by atoms with Gasteiger partial charge in [-0.15, -0.1) is 11.3 Å². The van der Waals surface area contributed by atoms with Crippen LogP contribution >= 0.6 is 11.3 Å². The third-order valence-corrected chi connectivity index (χ3v) is 7.97. The number of amides is 2. The van der Waals surface area contributed by atoms with Crippen LogP contribution in [-0.2, 0) is 16.0 Å². The number of piperidine rings is 3. The van der Waals surface area contributed by atoms with E-state index < -0.39 is 0 Å². The van der Waals surface area contributed by atoms with Crippen molar-refractivity contribution in [2.75, 3.05) is 32.7 Å². The van der Waals surface area contributed by atoms with Crippen molar-refractivity contribution in [1.82, 2.24) is 19.7 Å². The summed E-state index contributed by atoms with van der Waals surface area (Å²) in [6.07, 6.45) is 8.77. The number of likely N-dealkylation sites (tertiary alicyclic amines) is 1. The number of carbonyl (C=O) groups is 2. The first-order valence-corrected chi connectivity index (χ1v) is 11.9. The van der Waals surface area contributed by atoms with E-state index in [4.69, 9.17) is 0 Å². The second kappa shape index (κ2) is 7.84. The Morgan fingerprint density at radius 1 is 1.24 bits per heavy atom. The predicted molar refractivity (Wildman–Crippen MR) is 113 cm³/mol. The fourth-order valence-corrected chi connectivity index (χ4v) is 6.54. The molecule has 5 heterocycles. The van der Waals surface area contributed by atoms with Crippen LogP contribution < -0.4 is 0 Å². The second-order valence-corrected chi connectivity index (χ2v) is 10.1. The summed E-state index contributed by atoms with van der Waals surface area (Å²) < 4.78 is 0. The van der Waals surface area contributed by atoms with Crippen molar-refractivity contribution in [3.8, 4) is 0 Å². The van der Waals surface area contributed by atoms with Crippen molar-refractivity contribution in [1.29, 1.82) is 0 Å². The molecule has 4 aliphatic heterocycles. The molecule has 4 atom stereocenters. The van der Waals surface area contributed by atoms with Crippen molar-refractivity contribution in [3.63, 3.8) is 0 Å². The van der Waals surface area contributed by atoms with Crippen LogP contribution in [0.1, 0.15) is 36.4 Å². The van der Waals surface area contributed by atoms with Crippen LogP contribution in [0.15, 0.2) is 17.5 Å². The molecule has 4 aliphatic rings. The quantitative estimate of drug-likeness (QED) is 0.708. The van der Waals surface area contributed by atoms with Crippen LogP contribution in [0.3, 0.4) is 0 Å². The Labute approximate surface area is 176 Å². The average molecular weight is 415 g/mol. The lowest BCUT2D eigenvalue weighted by molar-refractivity contribution is -0.164. The van der Waals surface area contributed by atoms with Crippen LogP contribution in [-0.4, -0.2) is 76.3 Å². The molecule has 2 amide bonds. The molecule has 1 aromatic heterocycles. The smallest absolute Gasteiger partial charge is 0.246 e. The summed E-state index contributed by atoms with van der Waals surface area (Å²) >= 11 is 1.71. The Bertz CT molecular complexity index is 813. The molecule has 0 unspecified atom stereocenters. The van der Waals surface area contributed by atoms with Crippen LogP contribution in [0.25, 0.3) is 0 Å². The van der Waals surface area contributed by atoms with Gasteiger partial charge >= 0.3 is 0 Å². The largest absolute Gasteiger partial charge is 0.333 e. The molecule has 7 heteroatoms. The molecule has 3 saturated heterocycles. The molecular weight excluding hydrogens is 384 g/mol. The van der Waals surface area contributed by atoms with Gasteiger partial charge in [-0.3, -0.25) is 9.59 Å². The molecule has 0 saturated carbocycles. The van der Waals surface area contributed by atoms with E-state index in [0.717, 1.165) is 50.3 Å². The van der Waals surface area contributed by atoms with E-state index >= 15 is 0 Å². The van der Waals surface area contributed by atoms with Gasteiger partial charge in [0, 0.05) is 62.9 Å². The number of thiazole rings is 1. The van der Waals surface area contributed by atoms with E-state index in [0.29, 0.717) is 25.4 Å². The van der Waals surface area contributed by atoms with Crippen LogP contribution in [0.2, 0.25) is 0 Å². The average Bonchev–Trinajstić information content (AvgIpc) is 3.39. The Hall–Kier alpha value is -1.73. The number of nitrogens with zero attached hydrogens (tertiary/aromatic N) is 4. The maximum absolute atomic E-state index is 13.5. The third kappa shape index (κ3) is 3.63. The molecule has 0 radical (unpaired) electrons. The van der Waals surface area contributed by atoms with Gasteiger partial charge in [-0.25, -0.2) is 4.98 Å². The topological polar surface area (TPSA) is 56.8 Å². The van der Waals surface area contributed by atoms with Crippen LogP contribution in [0.4, 0.5) is 0 Å². The van der Waals surface area contributed by atoms with Gasteiger partial charge in [0.2, 0.25) is 11.8 Å². The van der Waals surface area contributed by atoms with Crippen molar-refractivity contribution in [2.45, 2.75) is 51.1 Å². The minimum absolute atomic E-state index is 0.163. The maximum atomic E-state index is 13.5. The van der Waals surface area contributed by atoms with Gasteiger partial charge in [-0.1, -0.05) is 12.2 Å². The molecule has 156 valence electrons. The fourth-order valence-electron chi connectivity index (χ4n) is 5.89. The van der Waals surface area contributed by atoms with Gasteiger partial charge in [0.15, 0.2) is 0 Å². The molecule has 3 fully saturated rings. The normalized spacial score (nSPS) is 32.0. The SMILES string of the molecule is Cc1nc(CCN2C[C@H]3C[C@@H](C2)[C@H](C(=O)N2CC=CC2)N2C(=O)CCC[C@@H]32)cs1. The maximum Gasteiger partial charge on any atom is 0.246 e. The summed E-state index contributed by atoms with van der Waals surface area (Å²) in [5, 5.41) is 3.28. The first kappa shape index (κ1) is 19.2. The molecular formula is C22H30N4O2S. The highest BCUT2D eigenvalue weighted by Crippen LogP contribution is 2.42. The van der Waals surface area contributed by atoms with Gasteiger partial charge in [0.1, 0.15) is 6.04 Å². The lowest BCUT2D eigenvalue weighted by Gasteiger charge is -2.56. The van der Waals surface area contributed by atoms with Gasteiger partial charge in [0.05, 0.1) is 10.7 Å². The fraction of sp³-hybridized carbons (Fsp3) is 0.682. The molecule has 0 spiro atoms. The predicted octanol–water partition coefficient (Wildman–Crippen LogP) is 2.09. The minimum atomic E-state index is -0.270. The zero-order chi connectivity index (χ0) is 20.0. The first-order valence-electron chi connectivity index (χ1n) is 11.0. The van der Waals surface area contributed by atoms with Crippen molar-refractivity contribution >= 4 is 23.2 Å². The highest BCUT2D eigenvalue weighted by atomic mass is 32.1. The number of hydrogen-bond donors (Lipinski definition) is 0. The lowest BCUT2D eigenvalue weighted by atomic mass is 9.71. The molecule has 2 bridgehead atoms. The molecule has 0 N–H and O–H groups in total. The molecule has 5 rings (SSSR count). The standard InChI is InChI=1S/C22H30N4O2S/c1-15-23-18(14-29-15)7-10-24-12-16-11-17(13-24)21(22(28)25-8-2-3-9-25)26-19(16)5-4-6-20(26)27/h2-3,14,16-17,19,21H,4-13H2,1H3/t16-,17+,19+,21-/m1/s1. The van der Waals surface area contributed by atoms with Crippen molar-refractivity contribution in [3.05, 3.63) is 28.2 Å². The number of aryl methyl sites for hydroxylation is 1. The minimum Gasteiger partial charge on any atom is -0.333 e. The first-order chi connectivity index (χ1) is 14.1. The molecule has 29 heavy (non-hydrogen) atoms. The number of aromatic nitrogens is 1.